The number of carboxylic acids is 1. The van der Waals surface area contributed by atoms with E-state index in [0.717, 1.165) is 6.26 Å². The van der Waals surface area contributed by atoms with E-state index >= 15 is 0 Å². The summed E-state index contributed by atoms with van der Waals surface area (Å²) >= 11 is 0. The Kier molecular flexibility index (Phi) is 4.77. The van der Waals surface area contributed by atoms with Crippen molar-refractivity contribution < 1.29 is 23.1 Å². The lowest BCUT2D eigenvalue weighted by atomic mass is 10.1. The summed E-state index contributed by atoms with van der Waals surface area (Å²) in [4.78, 5) is 26.5. The summed E-state index contributed by atoms with van der Waals surface area (Å²) < 4.78 is 24.2. The van der Waals surface area contributed by atoms with Crippen LogP contribution in [0.5, 0.6) is 0 Å². The van der Waals surface area contributed by atoms with Gasteiger partial charge in [-0.25, -0.2) is 22.5 Å². The predicted molar refractivity (Wildman–Crippen MR) is 78.1 cm³/mol. The molecule has 120 valence electrons. The lowest BCUT2D eigenvalue weighted by molar-refractivity contribution is 0.0690. The number of hydrogen-bond acceptors (Lipinski definition) is 5. The molecule has 0 bridgehead atoms. The summed E-state index contributed by atoms with van der Waals surface area (Å²) in [5.41, 5.74) is -0.172. The molecule has 1 aliphatic rings. The number of amides is 1. The minimum Gasteiger partial charge on any atom is -0.477 e. The number of sulfonamides is 1. The van der Waals surface area contributed by atoms with Crippen LogP contribution in [0.2, 0.25) is 0 Å². The van der Waals surface area contributed by atoms with Crippen LogP contribution in [-0.4, -0.2) is 60.6 Å². The summed E-state index contributed by atoms with van der Waals surface area (Å²) in [5, 5.41) is 11.5. The van der Waals surface area contributed by atoms with Crippen LogP contribution in [-0.2, 0) is 10.0 Å². The predicted octanol–water partition coefficient (Wildman–Crippen LogP) is -0.209. The van der Waals surface area contributed by atoms with Crippen LogP contribution in [0.15, 0.2) is 18.2 Å². The fourth-order valence-electron chi connectivity index (χ4n) is 2.27. The van der Waals surface area contributed by atoms with E-state index in [0.29, 0.717) is 26.1 Å². The lowest BCUT2D eigenvalue weighted by Crippen LogP contribution is -2.33. The zero-order chi connectivity index (χ0) is 16.3. The molecule has 2 rings (SSSR count). The first-order valence-electron chi connectivity index (χ1n) is 6.71. The molecule has 8 nitrogen and oxygen atoms in total. The fraction of sp³-hybridized carbons (Fsp3) is 0.462. The molecule has 0 saturated carbocycles. The van der Waals surface area contributed by atoms with E-state index in [1.54, 1.807) is 0 Å². The van der Waals surface area contributed by atoms with Gasteiger partial charge in [-0.1, -0.05) is 6.07 Å². The van der Waals surface area contributed by atoms with Crippen LogP contribution >= 0.6 is 0 Å². The van der Waals surface area contributed by atoms with Crippen molar-refractivity contribution in [3.05, 3.63) is 29.6 Å². The van der Waals surface area contributed by atoms with Crippen molar-refractivity contribution in [2.75, 3.05) is 25.9 Å². The van der Waals surface area contributed by atoms with Gasteiger partial charge in [-0.3, -0.25) is 4.79 Å². The molecule has 0 radical (unpaired) electrons. The molecule has 1 aromatic heterocycles. The highest BCUT2D eigenvalue weighted by Crippen LogP contribution is 2.17. The minimum absolute atomic E-state index is 0.0258. The van der Waals surface area contributed by atoms with Gasteiger partial charge in [0.25, 0.3) is 5.91 Å². The second-order valence-electron chi connectivity index (χ2n) is 5.20. The Morgan fingerprint density at radius 2 is 2.09 bits per heavy atom. The highest BCUT2D eigenvalue weighted by atomic mass is 32.2. The monoisotopic (exact) mass is 327 g/mol. The molecule has 2 heterocycles. The molecular formula is C13H17N3O5S. The molecular weight excluding hydrogens is 310 g/mol. The Bertz CT molecular complexity index is 689. The number of aromatic carboxylic acids is 1. The molecule has 22 heavy (non-hydrogen) atoms. The summed E-state index contributed by atoms with van der Waals surface area (Å²) in [6, 6.07) is 4.19. The number of aromatic nitrogens is 1. The van der Waals surface area contributed by atoms with Crippen molar-refractivity contribution >= 4 is 21.9 Å². The number of pyridine rings is 1. The average Bonchev–Trinajstić information content (AvgIpc) is 2.94. The van der Waals surface area contributed by atoms with Crippen molar-refractivity contribution in [2.24, 2.45) is 5.92 Å². The lowest BCUT2D eigenvalue weighted by Gasteiger charge is -2.13. The van der Waals surface area contributed by atoms with Crippen molar-refractivity contribution in [3.63, 3.8) is 0 Å². The number of nitrogens with one attached hydrogen (secondary N) is 1. The van der Waals surface area contributed by atoms with Gasteiger partial charge in [-0.2, -0.15) is 0 Å². The third kappa shape index (κ3) is 4.01. The second-order valence-corrected chi connectivity index (χ2v) is 7.18. The topological polar surface area (TPSA) is 117 Å². The molecule has 1 saturated heterocycles. The van der Waals surface area contributed by atoms with Crippen molar-refractivity contribution in [1.82, 2.24) is 14.6 Å². The van der Waals surface area contributed by atoms with E-state index in [9.17, 15) is 18.0 Å². The third-order valence-corrected chi connectivity index (χ3v) is 4.74. The van der Waals surface area contributed by atoms with Crippen LogP contribution in [0.3, 0.4) is 0 Å². The van der Waals surface area contributed by atoms with Crippen LogP contribution in [0.25, 0.3) is 0 Å². The molecule has 0 aromatic carbocycles. The summed E-state index contributed by atoms with van der Waals surface area (Å²) in [6.07, 6.45) is 1.84. The van der Waals surface area contributed by atoms with E-state index in [1.807, 2.05) is 0 Å². The maximum atomic E-state index is 12.0. The first kappa shape index (κ1) is 16.4. The highest BCUT2D eigenvalue weighted by molar-refractivity contribution is 7.88. The van der Waals surface area contributed by atoms with Gasteiger partial charge in [-0.15, -0.1) is 0 Å². The van der Waals surface area contributed by atoms with Gasteiger partial charge in [0.2, 0.25) is 10.0 Å². The summed E-state index contributed by atoms with van der Waals surface area (Å²) in [7, 11) is -3.20. The van der Waals surface area contributed by atoms with E-state index in [2.05, 4.69) is 10.3 Å². The van der Waals surface area contributed by atoms with Gasteiger partial charge in [0.15, 0.2) is 0 Å². The van der Waals surface area contributed by atoms with Gasteiger partial charge in [0.05, 0.1) is 6.26 Å². The number of carbonyl (C=O) groups is 2. The molecule has 1 atom stereocenters. The molecule has 1 fully saturated rings. The molecule has 1 aliphatic heterocycles. The van der Waals surface area contributed by atoms with E-state index in [-0.39, 0.29) is 17.3 Å². The molecule has 1 amide bonds. The molecule has 0 aliphatic carbocycles. The van der Waals surface area contributed by atoms with Crippen LogP contribution < -0.4 is 5.32 Å². The van der Waals surface area contributed by atoms with E-state index < -0.39 is 21.9 Å². The number of rotatable bonds is 5. The second kappa shape index (κ2) is 6.41. The van der Waals surface area contributed by atoms with Gasteiger partial charge >= 0.3 is 5.97 Å². The van der Waals surface area contributed by atoms with Crippen molar-refractivity contribution in [3.8, 4) is 0 Å². The van der Waals surface area contributed by atoms with Gasteiger partial charge in [0, 0.05) is 19.6 Å². The number of hydrogen-bond donors (Lipinski definition) is 2. The Labute approximate surface area is 128 Å². The first-order valence-corrected chi connectivity index (χ1v) is 8.56. The smallest absolute Gasteiger partial charge is 0.354 e. The third-order valence-electron chi connectivity index (χ3n) is 3.47. The Hall–Kier alpha value is -2.00. The van der Waals surface area contributed by atoms with Crippen molar-refractivity contribution in [2.45, 2.75) is 6.42 Å². The molecule has 0 spiro atoms. The number of carbonyl (C=O) groups excluding carboxylic acids is 1. The van der Waals surface area contributed by atoms with Crippen molar-refractivity contribution in [1.29, 1.82) is 0 Å². The SMILES string of the molecule is CS(=O)(=O)N1CCC(CNC(=O)c2cccc(C(=O)O)n2)C1. The summed E-state index contributed by atoms with van der Waals surface area (Å²) in [5.74, 6) is -1.63. The maximum absolute atomic E-state index is 12.0. The Balaban J connectivity index is 1.91. The molecule has 1 aromatic rings. The zero-order valence-corrected chi connectivity index (χ0v) is 12.8. The van der Waals surface area contributed by atoms with Crippen LogP contribution in [0.4, 0.5) is 0 Å². The maximum Gasteiger partial charge on any atom is 0.354 e. The number of carboxylic acid groups (broad SMARTS) is 1. The number of nitrogens with zero attached hydrogens (tertiary/aromatic N) is 2. The molecule has 9 heteroatoms. The normalized spacial score (nSPS) is 19.0. The minimum atomic E-state index is -3.20. The fourth-order valence-corrected chi connectivity index (χ4v) is 3.19. The van der Waals surface area contributed by atoms with Gasteiger partial charge in [0.1, 0.15) is 11.4 Å². The van der Waals surface area contributed by atoms with Crippen LogP contribution in [0.1, 0.15) is 27.4 Å². The Morgan fingerprint density at radius 3 is 2.68 bits per heavy atom. The van der Waals surface area contributed by atoms with E-state index in [4.69, 9.17) is 5.11 Å². The van der Waals surface area contributed by atoms with Crippen LogP contribution in [0, 0.1) is 5.92 Å². The average molecular weight is 327 g/mol. The molecule has 2 N–H and O–H groups in total. The first-order chi connectivity index (χ1) is 10.3. The largest absolute Gasteiger partial charge is 0.477 e. The quantitative estimate of drug-likeness (QED) is 0.773. The zero-order valence-electron chi connectivity index (χ0n) is 12.0. The summed E-state index contributed by atoms with van der Waals surface area (Å²) in [6.45, 7) is 1.15. The highest BCUT2D eigenvalue weighted by Gasteiger charge is 2.28. The standard InChI is InChI=1S/C13H17N3O5S/c1-22(20,21)16-6-5-9(8-16)7-14-12(17)10-3-2-4-11(15-10)13(18)19/h2-4,9H,5-8H2,1H3,(H,14,17)(H,18,19). The molecule has 1 unspecified atom stereocenters. The Morgan fingerprint density at radius 1 is 1.41 bits per heavy atom. The van der Waals surface area contributed by atoms with E-state index in [1.165, 1.54) is 22.5 Å². The van der Waals surface area contributed by atoms with Gasteiger partial charge in [-0.05, 0) is 24.5 Å². The van der Waals surface area contributed by atoms with Gasteiger partial charge < -0.3 is 10.4 Å².